The number of methoxy groups -OCH3 is 2. The van der Waals surface area contributed by atoms with Gasteiger partial charge in [-0.05, 0) is 6.92 Å². The zero-order valence-corrected chi connectivity index (χ0v) is 9.46. The second-order valence-electron chi connectivity index (χ2n) is 2.30. The topological polar surface area (TPSA) is 61.8 Å². The smallest absolute Gasteiger partial charge is 0.829 e. The Labute approximate surface area is 88.8 Å². The van der Waals surface area contributed by atoms with Crippen LogP contribution in [0.2, 0.25) is 0 Å². The molecular weight excluding hydrogens is 159 g/mol. The molecule has 0 saturated carbocycles. The van der Waals surface area contributed by atoms with E-state index in [0.717, 1.165) is 0 Å². The Balaban J connectivity index is 0. The predicted octanol–water partition coefficient (Wildman–Crippen LogP) is -4.28. The van der Waals surface area contributed by atoms with Crippen molar-refractivity contribution < 1.29 is 49.2 Å². The van der Waals surface area contributed by atoms with Gasteiger partial charge in [0.25, 0.3) is 0 Å². The molecule has 0 bridgehead atoms. The molecule has 0 aliphatic heterocycles. The first-order valence-electron chi connectivity index (χ1n) is 2.95. The van der Waals surface area contributed by atoms with Crippen molar-refractivity contribution in [1.29, 1.82) is 0 Å². The van der Waals surface area contributed by atoms with Crippen LogP contribution in [0.4, 0.5) is 0 Å². The molecule has 4 nitrogen and oxygen atoms in total. The molecule has 0 aliphatic carbocycles. The molecule has 62 valence electrons. The maximum absolute atomic E-state index is 10.5. The average Bonchev–Trinajstić information content (AvgIpc) is 1.88. The molecule has 0 rings (SSSR count). The summed E-state index contributed by atoms with van der Waals surface area (Å²) >= 11 is 0. The van der Waals surface area contributed by atoms with Crippen molar-refractivity contribution in [1.82, 2.24) is 0 Å². The van der Waals surface area contributed by atoms with E-state index in [1.165, 1.54) is 21.1 Å². The quantitative estimate of drug-likeness (QED) is 0.344. The van der Waals surface area contributed by atoms with Crippen LogP contribution in [0.3, 0.4) is 0 Å². The summed E-state index contributed by atoms with van der Waals surface area (Å²) in [5, 5.41) is 19.2. The van der Waals surface area contributed by atoms with Crippen molar-refractivity contribution in [2.75, 3.05) is 20.8 Å². The van der Waals surface area contributed by atoms with Crippen LogP contribution in [0.15, 0.2) is 0 Å². The van der Waals surface area contributed by atoms with Crippen molar-refractivity contribution in [3.63, 3.8) is 0 Å². The molecule has 0 spiro atoms. The number of aliphatic hydroxyl groups excluding tert-OH is 1. The van der Waals surface area contributed by atoms with E-state index < -0.39 is 11.9 Å². The first kappa shape index (κ1) is 14.4. The standard InChI is InChI=1S/C6H13O4.Na/c1-6(10-3,4-9-2)5(7)8;/h5,7H,4H2,1-3H3;/q-1;+1. The van der Waals surface area contributed by atoms with Gasteiger partial charge in [0.15, 0.2) is 0 Å². The van der Waals surface area contributed by atoms with E-state index in [1.807, 2.05) is 0 Å². The Hall–Kier alpha value is 0.840. The zero-order chi connectivity index (χ0) is 8.20. The number of rotatable bonds is 4. The average molecular weight is 172 g/mol. The van der Waals surface area contributed by atoms with Gasteiger partial charge in [-0.2, -0.15) is 0 Å². The van der Waals surface area contributed by atoms with Crippen LogP contribution in [0.5, 0.6) is 0 Å². The second kappa shape index (κ2) is 6.37. The third-order valence-corrected chi connectivity index (χ3v) is 1.42. The molecule has 0 fully saturated rings. The van der Waals surface area contributed by atoms with Gasteiger partial charge in [0, 0.05) is 20.5 Å². The Bertz CT molecular complexity index is 98.6. The van der Waals surface area contributed by atoms with Crippen LogP contribution in [0.1, 0.15) is 6.92 Å². The van der Waals surface area contributed by atoms with E-state index in [4.69, 9.17) is 9.84 Å². The first-order chi connectivity index (χ1) is 4.56. The van der Waals surface area contributed by atoms with E-state index in [-0.39, 0.29) is 36.2 Å². The molecule has 0 radical (unpaired) electrons. The van der Waals surface area contributed by atoms with Gasteiger partial charge in [-0.3, -0.25) is 0 Å². The maximum Gasteiger partial charge on any atom is 1.00 e. The monoisotopic (exact) mass is 172 g/mol. The van der Waals surface area contributed by atoms with Crippen LogP contribution in [0.25, 0.3) is 0 Å². The summed E-state index contributed by atoms with van der Waals surface area (Å²) < 4.78 is 9.43. The van der Waals surface area contributed by atoms with Crippen molar-refractivity contribution in [3.8, 4) is 0 Å². The Kier molecular flexibility index (Phi) is 8.32. The van der Waals surface area contributed by atoms with Gasteiger partial charge in [0.2, 0.25) is 0 Å². The van der Waals surface area contributed by atoms with E-state index in [9.17, 15) is 5.11 Å². The largest absolute Gasteiger partial charge is 1.00 e. The van der Waals surface area contributed by atoms with Crippen LogP contribution in [-0.4, -0.2) is 37.8 Å². The Morgan fingerprint density at radius 2 is 2.00 bits per heavy atom. The molecule has 0 aromatic rings. The van der Waals surface area contributed by atoms with E-state index in [0.29, 0.717) is 0 Å². The van der Waals surface area contributed by atoms with Gasteiger partial charge < -0.3 is 19.7 Å². The number of hydrogen-bond acceptors (Lipinski definition) is 4. The third-order valence-electron chi connectivity index (χ3n) is 1.42. The number of aliphatic hydroxyl groups is 1. The molecule has 11 heavy (non-hydrogen) atoms. The van der Waals surface area contributed by atoms with Crippen LogP contribution >= 0.6 is 0 Å². The molecular formula is C6H13NaO4. The van der Waals surface area contributed by atoms with Gasteiger partial charge in [0.1, 0.15) is 0 Å². The summed E-state index contributed by atoms with van der Waals surface area (Å²) in [7, 11) is 2.81. The SMILES string of the molecule is COCC(C)(OC)C([O-])O.[Na+]. The zero-order valence-electron chi connectivity index (χ0n) is 7.46. The predicted molar refractivity (Wildman–Crippen MR) is 33.3 cm³/mol. The van der Waals surface area contributed by atoms with E-state index in [2.05, 4.69) is 4.74 Å². The Morgan fingerprint density at radius 3 is 2.09 bits per heavy atom. The van der Waals surface area contributed by atoms with Gasteiger partial charge in [-0.1, -0.05) is 0 Å². The van der Waals surface area contributed by atoms with Gasteiger partial charge in [-0.25, -0.2) is 0 Å². The van der Waals surface area contributed by atoms with Crippen LogP contribution in [-0.2, 0) is 9.47 Å². The maximum atomic E-state index is 10.5. The van der Waals surface area contributed by atoms with Gasteiger partial charge in [-0.15, -0.1) is 0 Å². The molecule has 0 aromatic carbocycles. The fourth-order valence-corrected chi connectivity index (χ4v) is 0.518. The van der Waals surface area contributed by atoms with Crippen LogP contribution < -0.4 is 34.7 Å². The summed E-state index contributed by atoms with van der Waals surface area (Å²) in [5.41, 5.74) is -1.13. The number of hydrogen-bond donors (Lipinski definition) is 1. The minimum absolute atomic E-state index is 0. The molecule has 2 atom stereocenters. The molecule has 0 aromatic heterocycles. The summed E-state index contributed by atoms with van der Waals surface area (Å²) in [4.78, 5) is 0. The normalized spacial score (nSPS) is 18.3. The second-order valence-corrected chi connectivity index (χ2v) is 2.30. The van der Waals surface area contributed by atoms with E-state index >= 15 is 0 Å². The fraction of sp³-hybridized carbons (Fsp3) is 1.00. The number of ether oxygens (including phenoxy) is 2. The van der Waals surface area contributed by atoms with Crippen molar-refractivity contribution in [2.24, 2.45) is 0 Å². The summed E-state index contributed by atoms with van der Waals surface area (Å²) in [6, 6.07) is 0. The summed E-state index contributed by atoms with van der Waals surface area (Å²) in [5.74, 6) is 0. The molecule has 0 aliphatic rings. The molecule has 1 N–H and O–H groups in total. The molecule has 0 heterocycles. The third kappa shape index (κ3) is 4.42. The summed E-state index contributed by atoms with van der Waals surface area (Å²) in [6.07, 6.45) is -1.77. The minimum atomic E-state index is -1.77. The van der Waals surface area contributed by atoms with Crippen molar-refractivity contribution >= 4 is 0 Å². The molecule has 0 saturated heterocycles. The first-order valence-corrected chi connectivity index (χ1v) is 2.95. The fourth-order valence-electron chi connectivity index (χ4n) is 0.518. The molecule has 2 unspecified atom stereocenters. The van der Waals surface area contributed by atoms with Gasteiger partial charge in [0.05, 0.1) is 12.2 Å². The Morgan fingerprint density at radius 1 is 1.55 bits per heavy atom. The van der Waals surface area contributed by atoms with E-state index in [1.54, 1.807) is 0 Å². The summed E-state index contributed by atoms with van der Waals surface area (Å²) in [6.45, 7) is 1.59. The molecule has 5 heteroatoms. The van der Waals surface area contributed by atoms with Crippen molar-refractivity contribution in [3.05, 3.63) is 0 Å². The molecule has 0 amide bonds. The minimum Gasteiger partial charge on any atom is -0.829 e. The van der Waals surface area contributed by atoms with Crippen molar-refractivity contribution in [2.45, 2.75) is 18.8 Å². The van der Waals surface area contributed by atoms with Crippen LogP contribution in [0, 0.1) is 0 Å². The van der Waals surface area contributed by atoms with Gasteiger partial charge >= 0.3 is 29.6 Å².